The van der Waals surface area contributed by atoms with E-state index in [0.29, 0.717) is 17.2 Å². The molecule has 1 fully saturated rings. The average molecular weight is 290 g/mol. The number of piperidine rings is 1. The van der Waals surface area contributed by atoms with Crippen LogP contribution >= 0.6 is 0 Å². The van der Waals surface area contributed by atoms with Crippen LogP contribution in [0.1, 0.15) is 23.2 Å². The summed E-state index contributed by atoms with van der Waals surface area (Å²) >= 11 is 0. The fourth-order valence-corrected chi connectivity index (χ4v) is 2.72. The maximum absolute atomic E-state index is 12.4. The molecule has 0 atom stereocenters. The number of amides is 1. The molecule has 5 nitrogen and oxygen atoms in total. The van der Waals surface area contributed by atoms with Gasteiger partial charge in [-0.25, -0.2) is 0 Å². The summed E-state index contributed by atoms with van der Waals surface area (Å²) in [4.78, 5) is 16.7. The molecule has 2 rings (SSSR count). The molecule has 1 aliphatic rings. The van der Waals surface area contributed by atoms with Crippen LogP contribution in [0.4, 0.5) is 11.4 Å². The van der Waals surface area contributed by atoms with Gasteiger partial charge in [-0.1, -0.05) is 0 Å². The summed E-state index contributed by atoms with van der Waals surface area (Å²) < 4.78 is 0. The molecule has 0 saturated carbocycles. The van der Waals surface area contributed by atoms with E-state index in [1.54, 1.807) is 6.07 Å². The predicted octanol–water partition coefficient (Wildman–Crippen LogP) is 1.41. The summed E-state index contributed by atoms with van der Waals surface area (Å²) in [5, 5.41) is 3.07. The lowest BCUT2D eigenvalue weighted by atomic mass is 9.97. The number of benzene rings is 1. The van der Waals surface area contributed by atoms with Gasteiger partial charge in [-0.05, 0) is 57.1 Å². The molecular formula is C16H26N4O. The van der Waals surface area contributed by atoms with Crippen LogP contribution in [0.3, 0.4) is 0 Å². The first-order valence-electron chi connectivity index (χ1n) is 7.51. The predicted molar refractivity (Wildman–Crippen MR) is 87.7 cm³/mol. The van der Waals surface area contributed by atoms with Gasteiger partial charge in [-0.2, -0.15) is 0 Å². The average Bonchev–Trinajstić information content (AvgIpc) is 2.46. The molecule has 0 radical (unpaired) electrons. The van der Waals surface area contributed by atoms with Gasteiger partial charge in [-0.15, -0.1) is 0 Å². The van der Waals surface area contributed by atoms with E-state index in [-0.39, 0.29) is 5.91 Å². The van der Waals surface area contributed by atoms with E-state index < -0.39 is 0 Å². The summed E-state index contributed by atoms with van der Waals surface area (Å²) in [6, 6.07) is 5.46. The molecule has 21 heavy (non-hydrogen) atoms. The van der Waals surface area contributed by atoms with E-state index in [0.717, 1.165) is 38.2 Å². The second kappa shape index (κ2) is 6.80. The molecule has 0 aliphatic carbocycles. The molecule has 1 saturated heterocycles. The van der Waals surface area contributed by atoms with Crippen molar-refractivity contribution < 1.29 is 4.79 Å². The Labute approximate surface area is 127 Å². The summed E-state index contributed by atoms with van der Waals surface area (Å²) in [7, 11) is 6.00. The molecule has 1 heterocycles. The first kappa shape index (κ1) is 15.6. The van der Waals surface area contributed by atoms with Crippen LogP contribution in [-0.4, -0.2) is 51.6 Å². The molecule has 1 aromatic rings. The van der Waals surface area contributed by atoms with Crippen molar-refractivity contribution in [3.05, 3.63) is 23.8 Å². The van der Waals surface area contributed by atoms with Gasteiger partial charge in [-0.3, -0.25) is 4.79 Å². The summed E-state index contributed by atoms with van der Waals surface area (Å²) in [6.07, 6.45) is 2.29. The second-order valence-electron chi connectivity index (χ2n) is 6.13. The minimum Gasteiger partial charge on any atom is -0.399 e. The van der Waals surface area contributed by atoms with Crippen molar-refractivity contribution in [2.75, 3.05) is 51.4 Å². The van der Waals surface area contributed by atoms with E-state index in [2.05, 4.69) is 17.3 Å². The van der Waals surface area contributed by atoms with E-state index in [1.807, 2.05) is 31.1 Å². The van der Waals surface area contributed by atoms with Crippen LogP contribution in [0.2, 0.25) is 0 Å². The number of nitrogen functional groups attached to an aromatic ring is 1. The fourth-order valence-electron chi connectivity index (χ4n) is 2.72. The van der Waals surface area contributed by atoms with Crippen LogP contribution in [0.5, 0.6) is 0 Å². The van der Waals surface area contributed by atoms with Crippen molar-refractivity contribution in [3.63, 3.8) is 0 Å². The van der Waals surface area contributed by atoms with Crippen LogP contribution in [-0.2, 0) is 0 Å². The van der Waals surface area contributed by atoms with Gasteiger partial charge < -0.3 is 20.9 Å². The van der Waals surface area contributed by atoms with Crippen molar-refractivity contribution in [2.24, 2.45) is 5.92 Å². The van der Waals surface area contributed by atoms with Gasteiger partial charge in [0.05, 0.1) is 5.56 Å². The third-order valence-electron chi connectivity index (χ3n) is 4.14. The lowest BCUT2D eigenvalue weighted by molar-refractivity contribution is 0.0939. The first-order valence-corrected chi connectivity index (χ1v) is 7.51. The summed E-state index contributed by atoms with van der Waals surface area (Å²) in [6.45, 7) is 2.97. The molecule has 116 valence electrons. The molecule has 5 heteroatoms. The molecule has 1 amide bonds. The minimum absolute atomic E-state index is 0.0371. The molecule has 0 aromatic heterocycles. The van der Waals surface area contributed by atoms with Crippen molar-refractivity contribution in [2.45, 2.75) is 12.8 Å². The zero-order valence-electron chi connectivity index (χ0n) is 13.2. The molecule has 0 spiro atoms. The molecule has 1 aliphatic heterocycles. The Morgan fingerprint density at radius 1 is 1.38 bits per heavy atom. The monoisotopic (exact) mass is 290 g/mol. The second-order valence-corrected chi connectivity index (χ2v) is 6.13. The van der Waals surface area contributed by atoms with E-state index in [4.69, 9.17) is 5.73 Å². The fraction of sp³-hybridized carbons (Fsp3) is 0.562. The maximum Gasteiger partial charge on any atom is 0.253 e. The number of anilines is 2. The highest BCUT2D eigenvalue weighted by atomic mass is 16.1. The first-order chi connectivity index (χ1) is 9.97. The SMILES string of the molecule is CN1CCC(CNC(=O)c2cc(N)ccc2N(C)C)CC1. The largest absolute Gasteiger partial charge is 0.399 e. The van der Waals surface area contributed by atoms with Gasteiger partial charge >= 0.3 is 0 Å². The molecule has 3 N–H and O–H groups in total. The van der Waals surface area contributed by atoms with Crippen LogP contribution < -0.4 is 16.0 Å². The van der Waals surface area contributed by atoms with E-state index in [9.17, 15) is 4.79 Å². The van der Waals surface area contributed by atoms with E-state index >= 15 is 0 Å². The number of rotatable bonds is 4. The van der Waals surface area contributed by atoms with Crippen molar-refractivity contribution in [1.82, 2.24) is 10.2 Å². The highest BCUT2D eigenvalue weighted by molar-refractivity contribution is 6.00. The number of nitrogens with one attached hydrogen (secondary N) is 1. The highest BCUT2D eigenvalue weighted by Gasteiger charge is 2.19. The van der Waals surface area contributed by atoms with Crippen LogP contribution in [0.15, 0.2) is 18.2 Å². The number of hydrogen-bond acceptors (Lipinski definition) is 4. The number of likely N-dealkylation sites (tertiary alicyclic amines) is 1. The quantitative estimate of drug-likeness (QED) is 0.823. The molecule has 1 aromatic carbocycles. The number of nitrogens with zero attached hydrogens (tertiary/aromatic N) is 2. The van der Waals surface area contributed by atoms with E-state index in [1.165, 1.54) is 0 Å². The summed E-state index contributed by atoms with van der Waals surface area (Å²) in [5.74, 6) is 0.541. The highest BCUT2D eigenvalue weighted by Crippen LogP contribution is 2.22. The van der Waals surface area contributed by atoms with Gasteiger partial charge in [0.25, 0.3) is 5.91 Å². The lowest BCUT2D eigenvalue weighted by Gasteiger charge is -2.29. The zero-order chi connectivity index (χ0) is 15.4. The maximum atomic E-state index is 12.4. The van der Waals surface area contributed by atoms with Gasteiger partial charge in [0.15, 0.2) is 0 Å². The third kappa shape index (κ3) is 4.11. The van der Waals surface area contributed by atoms with Gasteiger partial charge in [0.2, 0.25) is 0 Å². The topological polar surface area (TPSA) is 61.6 Å². The van der Waals surface area contributed by atoms with Crippen LogP contribution in [0, 0.1) is 5.92 Å². The number of carbonyl (C=O) groups excluding carboxylic acids is 1. The van der Waals surface area contributed by atoms with Crippen molar-refractivity contribution >= 4 is 17.3 Å². The normalized spacial score (nSPS) is 16.7. The minimum atomic E-state index is -0.0371. The smallest absolute Gasteiger partial charge is 0.253 e. The van der Waals surface area contributed by atoms with Crippen molar-refractivity contribution in [3.8, 4) is 0 Å². The Kier molecular flexibility index (Phi) is 5.07. The number of carbonyl (C=O) groups is 1. The molecule has 0 bridgehead atoms. The number of nitrogens with two attached hydrogens (primary N) is 1. The number of hydrogen-bond donors (Lipinski definition) is 2. The Hall–Kier alpha value is -1.75. The third-order valence-corrected chi connectivity index (χ3v) is 4.14. The Balaban J connectivity index is 1.98. The zero-order valence-corrected chi connectivity index (χ0v) is 13.2. The lowest BCUT2D eigenvalue weighted by Crippen LogP contribution is -2.37. The standard InChI is InChI=1S/C16H26N4O/c1-19(2)15-5-4-13(17)10-14(15)16(21)18-11-12-6-8-20(3)9-7-12/h4-5,10,12H,6-9,11,17H2,1-3H3,(H,18,21). The van der Waals surface area contributed by atoms with Gasteiger partial charge in [0, 0.05) is 32.0 Å². The Morgan fingerprint density at radius 2 is 2.05 bits per heavy atom. The van der Waals surface area contributed by atoms with Crippen molar-refractivity contribution in [1.29, 1.82) is 0 Å². The van der Waals surface area contributed by atoms with Crippen LogP contribution in [0.25, 0.3) is 0 Å². The Bertz CT molecular complexity index is 493. The summed E-state index contributed by atoms with van der Waals surface area (Å²) in [5.41, 5.74) is 7.97. The van der Waals surface area contributed by atoms with Gasteiger partial charge in [0.1, 0.15) is 0 Å². The molecular weight excluding hydrogens is 264 g/mol. The Morgan fingerprint density at radius 3 is 2.67 bits per heavy atom. The molecule has 0 unspecified atom stereocenters.